The summed E-state index contributed by atoms with van der Waals surface area (Å²) in [5.41, 5.74) is 2.16. The van der Waals surface area contributed by atoms with Crippen LogP contribution in [0.15, 0.2) is 18.7 Å². The van der Waals surface area contributed by atoms with Crippen molar-refractivity contribution >= 4 is 11.6 Å². The zero-order chi connectivity index (χ0) is 15.6. The van der Waals surface area contributed by atoms with Gasteiger partial charge in [-0.2, -0.15) is 14.6 Å². The summed E-state index contributed by atoms with van der Waals surface area (Å²) in [5, 5.41) is 17.9. The molecule has 3 aromatic heterocycles. The van der Waals surface area contributed by atoms with E-state index in [0.717, 1.165) is 31.5 Å². The van der Waals surface area contributed by atoms with Gasteiger partial charge in [0, 0.05) is 24.3 Å². The third-order valence-corrected chi connectivity index (χ3v) is 3.95. The molecule has 0 aliphatic carbocycles. The van der Waals surface area contributed by atoms with Crippen molar-refractivity contribution in [2.45, 2.75) is 18.9 Å². The molecule has 0 bridgehead atoms. The van der Waals surface area contributed by atoms with Crippen molar-refractivity contribution in [3.05, 3.63) is 18.7 Å². The van der Waals surface area contributed by atoms with E-state index in [1.165, 1.54) is 0 Å². The quantitative estimate of drug-likeness (QED) is 0.650. The molecular formula is C14H18N8O. The number of hydrogen-bond acceptors (Lipinski definition) is 7. The van der Waals surface area contributed by atoms with E-state index >= 15 is 0 Å². The smallest absolute Gasteiger partial charge is 0.243 e. The number of anilines is 1. The lowest BCUT2D eigenvalue weighted by Gasteiger charge is -2.22. The second-order valence-electron chi connectivity index (χ2n) is 5.50. The first-order chi connectivity index (χ1) is 11.3. The highest BCUT2D eigenvalue weighted by molar-refractivity contribution is 5.73. The molecule has 9 nitrogen and oxygen atoms in total. The highest BCUT2D eigenvalue weighted by atomic mass is 16.5. The molecule has 3 N–H and O–H groups in total. The van der Waals surface area contributed by atoms with Crippen molar-refractivity contribution in [2.24, 2.45) is 0 Å². The van der Waals surface area contributed by atoms with Crippen molar-refractivity contribution in [1.82, 2.24) is 35.1 Å². The number of rotatable bonds is 4. The van der Waals surface area contributed by atoms with Crippen molar-refractivity contribution in [3.63, 3.8) is 0 Å². The zero-order valence-electron chi connectivity index (χ0n) is 12.8. The third-order valence-electron chi connectivity index (χ3n) is 3.95. The molecule has 1 aliphatic heterocycles. The predicted molar refractivity (Wildman–Crippen MR) is 84.4 cm³/mol. The molecule has 3 aromatic rings. The topological polar surface area (TPSA) is 105 Å². The van der Waals surface area contributed by atoms with Gasteiger partial charge in [-0.15, -0.1) is 5.10 Å². The van der Waals surface area contributed by atoms with Gasteiger partial charge in [0.15, 0.2) is 5.75 Å². The summed E-state index contributed by atoms with van der Waals surface area (Å²) in [6.07, 6.45) is 7.37. The Bertz CT molecular complexity index is 791. The minimum atomic E-state index is 0.341. The Morgan fingerprint density at radius 1 is 1.43 bits per heavy atom. The number of aromatic nitrogens is 6. The molecule has 120 valence electrons. The molecule has 4 heterocycles. The van der Waals surface area contributed by atoms with Gasteiger partial charge in [-0.3, -0.25) is 5.10 Å². The van der Waals surface area contributed by atoms with Crippen molar-refractivity contribution < 1.29 is 4.74 Å². The molecule has 9 heteroatoms. The van der Waals surface area contributed by atoms with E-state index < -0.39 is 0 Å². The standard InChI is InChI=1S/C14H18N8O/c1-23-12-11(9-5-17-18-6-9)16-8-22-13(12)20-14(21-22)19-10-3-2-4-15-7-10/h5-6,8,10,15H,2-4,7H2,1H3,(H,17,18)(H,19,21)/t10-/m1/s1. The van der Waals surface area contributed by atoms with Crippen LogP contribution in [0.4, 0.5) is 5.95 Å². The van der Waals surface area contributed by atoms with E-state index in [-0.39, 0.29) is 0 Å². The summed E-state index contributed by atoms with van der Waals surface area (Å²) in [7, 11) is 1.60. The summed E-state index contributed by atoms with van der Waals surface area (Å²) in [4.78, 5) is 8.98. The fraction of sp³-hybridized carbons (Fsp3) is 0.429. The van der Waals surface area contributed by atoms with Crippen molar-refractivity contribution in [1.29, 1.82) is 0 Å². The normalized spacial score (nSPS) is 18.2. The van der Waals surface area contributed by atoms with Crippen LogP contribution in [-0.4, -0.2) is 56.0 Å². The number of nitrogens with one attached hydrogen (secondary N) is 3. The van der Waals surface area contributed by atoms with Gasteiger partial charge in [-0.05, 0) is 19.4 Å². The van der Waals surface area contributed by atoms with Gasteiger partial charge < -0.3 is 15.4 Å². The number of hydrogen-bond donors (Lipinski definition) is 3. The second kappa shape index (κ2) is 5.84. The average molecular weight is 314 g/mol. The number of H-pyrrole nitrogens is 1. The minimum absolute atomic E-state index is 0.341. The van der Waals surface area contributed by atoms with Crippen molar-refractivity contribution in [3.8, 4) is 17.0 Å². The van der Waals surface area contributed by atoms with Gasteiger partial charge in [0.25, 0.3) is 0 Å². The average Bonchev–Trinajstić information content (AvgIpc) is 3.23. The lowest BCUT2D eigenvalue weighted by Crippen LogP contribution is -2.38. The van der Waals surface area contributed by atoms with Gasteiger partial charge in [0.1, 0.15) is 12.0 Å². The van der Waals surface area contributed by atoms with Crippen LogP contribution < -0.4 is 15.4 Å². The molecule has 0 radical (unpaired) electrons. The van der Waals surface area contributed by atoms with Crippen LogP contribution in [0, 0.1) is 0 Å². The van der Waals surface area contributed by atoms with E-state index in [0.29, 0.717) is 29.1 Å². The number of fused-ring (bicyclic) bond motifs is 1. The fourth-order valence-electron chi connectivity index (χ4n) is 2.83. The summed E-state index contributed by atoms with van der Waals surface area (Å²) in [6, 6.07) is 0.341. The Balaban J connectivity index is 1.70. The second-order valence-corrected chi connectivity index (χ2v) is 5.50. The SMILES string of the molecule is COc1c(-c2cn[nH]c2)ncn2nc(N[C@@H]3CCCNC3)nc12. The molecule has 1 fully saturated rings. The summed E-state index contributed by atoms with van der Waals surface area (Å²) in [5.74, 6) is 1.17. The number of ether oxygens (including phenoxy) is 1. The number of aromatic amines is 1. The molecule has 1 aliphatic rings. The lowest BCUT2D eigenvalue weighted by molar-refractivity contribution is 0.416. The Hall–Kier alpha value is -2.68. The molecule has 0 amide bonds. The van der Waals surface area contributed by atoms with Gasteiger partial charge in [-0.1, -0.05) is 0 Å². The van der Waals surface area contributed by atoms with E-state index in [1.54, 1.807) is 30.3 Å². The van der Waals surface area contributed by atoms with Crippen LogP contribution in [0.5, 0.6) is 5.75 Å². The first-order valence-electron chi connectivity index (χ1n) is 7.61. The van der Waals surface area contributed by atoms with Crippen LogP contribution in [0.25, 0.3) is 16.9 Å². The molecule has 0 spiro atoms. The molecule has 0 unspecified atom stereocenters. The lowest BCUT2D eigenvalue weighted by atomic mass is 10.1. The van der Waals surface area contributed by atoms with Gasteiger partial charge in [0.2, 0.25) is 11.6 Å². The summed E-state index contributed by atoms with van der Waals surface area (Å²) < 4.78 is 7.14. The van der Waals surface area contributed by atoms with Gasteiger partial charge in [0.05, 0.1) is 13.3 Å². The predicted octanol–water partition coefficient (Wildman–Crippen LogP) is 0.687. The number of nitrogens with zero attached hydrogens (tertiary/aromatic N) is 5. The maximum atomic E-state index is 5.52. The first-order valence-corrected chi connectivity index (χ1v) is 7.61. The maximum absolute atomic E-state index is 5.52. The zero-order valence-corrected chi connectivity index (χ0v) is 12.8. The number of methoxy groups -OCH3 is 1. The minimum Gasteiger partial charge on any atom is -0.491 e. The first kappa shape index (κ1) is 13.9. The van der Waals surface area contributed by atoms with Gasteiger partial charge in [-0.25, -0.2) is 4.98 Å². The maximum Gasteiger partial charge on any atom is 0.243 e. The largest absolute Gasteiger partial charge is 0.491 e. The molecule has 1 saturated heterocycles. The molecule has 0 aromatic carbocycles. The van der Waals surface area contributed by atoms with E-state index in [2.05, 4.69) is 35.9 Å². The molecule has 0 saturated carbocycles. The van der Waals surface area contributed by atoms with Crippen molar-refractivity contribution in [2.75, 3.05) is 25.5 Å². The van der Waals surface area contributed by atoms with E-state index in [4.69, 9.17) is 4.74 Å². The number of piperidine rings is 1. The van der Waals surface area contributed by atoms with Crippen LogP contribution in [0.2, 0.25) is 0 Å². The van der Waals surface area contributed by atoms with Gasteiger partial charge >= 0.3 is 0 Å². The van der Waals surface area contributed by atoms with E-state index in [9.17, 15) is 0 Å². The monoisotopic (exact) mass is 314 g/mol. The summed E-state index contributed by atoms with van der Waals surface area (Å²) >= 11 is 0. The van der Waals surface area contributed by atoms with Crippen LogP contribution in [0.3, 0.4) is 0 Å². The van der Waals surface area contributed by atoms with Crippen LogP contribution in [0.1, 0.15) is 12.8 Å². The molecule has 4 rings (SSSR count). The van der Waals surface area contributed by atoms with Crippen LogP contribution >= 0.6 is 0 Å². The Labute approximate surface area is 132 Å². The highest BCUT2D eigenvalue weighted by Crippen LogP contribution is 2.30. The highest BCUT2D eigenvalue weighted by Gasteiger charge is 2.19. The van der Waals surface area contributed by atoms with E-state index in [1.807, 2.05) is 0 Å². The Kier molecular flexibility index (Phi) is 3.54. The third kappa shape index (κ3) is 2.59. The summed E-state index contributed by atoms with van der Waals surface area (Å²) in [6.45, 7) is 1.99. The van der Waals surface area contributed by atoms with Crippen LogP contribution in [-0.2, 0) is 0 Å². The molecule has 1 atom stereocenters. The fourth-order valence-corrected chi connectivity index (χ4v) is 2.83. The molecular weight excluding hydrogens is 296 g/mol. The molecule has 23 heavy (non-hydrogen) atoms. The Morgan fingerprint density at radius 3 is 3.13 bits per heavy atom. The Morgan fingerprint density at radius 2 is 2.39 bits per heavy atom.